The first-order chi connectivity index (χ1) is 6.94. The lowest BCUT2D eigenvalue weighted by molar-refractivity contribution is 0.0158. The van der Waals surface area contributed by atoms with E-state index in [2.05, 4.69) is 5.32 Å². The second-order valence-electron chi connectivity index (χ2n) is 4.88. The number of amides is 1. The summed E-state index contributed by atoms with van der Waals surface area (Å²) in [5.41, 5.74) is -0.414. The van der Waals surface area contributed by atoms with Crippen molar-refractivity contribution in [2.45, 2.75) is 52.3 Å². The van der Waals surface area contributed by atoms with Crippen molar-refractivity contribution in [3.8, 4) is 0 Å². The first-order valence-corrected chi connectivity index (χ1v) is 5.67. The van der Waals surface area contributed by atoms with Gasteiger partial charge in [-0.25, -0.2) is 4.79 Å². The average molecular weight is 214 g/mol. The van der Waals surface area contributed by atoms with Crippen LogP contribution >= 0.6 is 0 Å². The van der Waals surface area contributed by atoms with E-state index in [9.17, 15) is 4.79 Å². The molecule has 15 heavy (non-hydrogen) atoms. The zero-order valence-corrected chi connectivity index (χ0v) is 10.2. The third kappa shape index (κ3) is 3.70. The normalized spacial score (nSPS) is 21.5. The van der Waals surface area contributed by atoms with Gasteiger partial charge in [-0.05, 0) is 47.1 Å². The molecule has 0 aromatic heterocycles. The van der Waals surface area contributed by atoms with Crippen LogP contribution in [0.15, 0.2) is 0 Å². The maximum absolute atomic E-state index is 11.8. The van der Waals surface area contributed by atoms with Crippen LogP contribution in [0.1, 0.15) is 40.5 Å². The first-order valence-electron chi connectivity index (χ1n) is 5.67. The smallest absolute Gasteiger partial charge is 0.411 e. The molecule has 0 aliphatic carbocycles. The number of rotatable bonds is 2. The Bertz CT molecular complexity index is 217. The summed E-state index contributed by atoms with van der Waals surface area (Å²) in [6, 6.07) is 0. The van der Waals surface area contributed by atoms with Crippen LogP contribution in [0.3, 0.4) is 0 Å². The van der Waals surface area contributed by atoms with Crippen molar-refractivity contribution >= 4 is 6.09 Å². The molecule has 0 spiro atoms. The van der Waals surface area contributed by atoms with Crippen LogP contribution in [0, 0.1) is 0 Å². The molecule has 1 N–H and O–H groups in total. The van der Waals surface area contributed by atoms with Gasteiger partial charge in [-0.1, -0.05) is 0 Å². The fourth-order valence-corrected chi connectivity index (χ4v) is 1.73. The summed E-state index contributed by atoms with van der Waals surface area (Å²) in [7, 11) is 0. The van der Waals surface area contributed by atoms with Crippen molar-refractivity contribution in [2.75, 3.05) is 13.1 Å². The van der Waals surface area contributed by atoms with E-state index in [0.717, 1.165) is 19.4 Å². The van der Waals surface area contributed by atoms with Crippen molar-refractivity contribution in [1.82, 2.24) is 10.2 Å². The lowest BCUT2D eigenvalue weighted by Crippen LogP contribution is -2.47. The highest BCUT2D eigenvalue weighted by atomic mass is 16.6. The zero-order valence-electron chi connectivity index (χ0n) is 10.2. The van der Waals surface area contributed by atoms with Crippen LogP contribution in [0.2, 0.25) is 0 Å². The summed E-state index contributed by atoms with van der Waals surface area (Å²) in [5.74, 6) is 0. The molecule has 1 amide bonds. The van der Waals surface area contributed by atoms with Gasteiger partial charge in [0.1, 0.15) is 5.60 Å². The van der Waals surface area contributed by atoms with E-state index in [1.54, 1.807) is 4.90 Å². The number of hydrogen-bond donors (Lipinski definition) is 1. The second-order valence-corrected chi connectivity index (χ2v) is 4.88. The highest BCUT2D eigenvalue weighted by Gasteiger charge is 2.28. The number of nitrogens with one attached hydrogen (secondary N) is 1. The van der Waals surface area contributed by atoms with Crippen molar-refractivity contribution in [1.29, 1.82) is 0 Å². The highest BCUT2D eigenvalue weighted by Crippen LogP contribution is 2.15. The standard InChI is InChI=1S/C11H22N2O2/c1-5-13(9-7-6-8-12-9)10(14)15-11(2,3)4/h9,12H,5-8H2,1-4H3. The molecular formula is C11H22N2O2. The largest absolute Gasteiger partial charge is 0.444 e. The number of nitrogens with zero attached hydrogens (tertiary/aromatic N) is 1. The summed E-state index contributed by atoms with van der Waals surface area (Å²) in [4.78, 5) is 13.6. The lowest BCUT2D eigenvalue weighted by atomic mass is 10.2. The van der Waals surface area contributed by atoms with Crippen LogP contribution in [-0.4, -0.2) is 35.8 Å². The lowest BCUT2D eigenvalue weighted by Gasteiger charge is -2.30. The minimum atomic E-state index is -0.414. The van der Waals surface area contributed by atoms with Crippen LogP contribution in [0.5, 0.6) is 0 Å². The van der Waals surface area contributed by atoms with Gasteiger partial charge in [0, 0.05) is 6.54 Å². The Kier molecular flexibility index (Phi) is 3.97. The predicted molar refractivity (Wildman–Crippen MR) is 59.6 cm³/mol. The van der Waals surface area contributed by atoms with E-state index in [1.807, 2.05) is 27.7 Å². The number of hydrogen-bond acceptors (Lipinski definition) is 3. The monoisotopic (exact) mass is 214 g/mol. The van der Waals surface area contributed by atoms with E-state index in [4.69, 9.17) is 4.74 Å². The Balaban J connectivity index is 2.53. The van der Waals surface area contributed by atoms with Gasteiger partial charge in [0.15, 0.2) is 0 Å². The van der Waals surface area contributed by atoms with Crippen molar-refractivity contribution in [3.63, 3.8) is 0 Å². The quantitative estimate of drug-likeness (QED) is 0.764. The van der Waals surface area contributed by atoms with E-state index < -0.39 is 5.60 Å². The number of carbonyl (C=O) groups excluding carboxylic acids is 1. The molecule has 4 nitrogen and oxygen atoms in total. The summed E-state index contributed by atoms with van der Waals surface area (Å²) in [6.45, 7) is 9.32. The van der Waals surface area contributed by atoms with Gasteiger partial charge in [0.25, 0.3) is 0 Å². The van der Waals surface area contributed by atoms with Gasteiger partial charge in [0.05, 0.1) is 6.17 Å². The number of carbonyl (C=O) groups is 1. The fraction of sp³-hybridized carbons (Fsp3) is 0.909. The van der Waals surface area contributed by atoms with E-state index in [1.165, 1.54) is 0 Å². The van der Waals surface area contributed by atoms with Gasteiger partial charge in [-0.3, -0.25) is 10.2 Å². The third-order valence-electron chi connectivity index (χ3n) is 2.38. The Morgan fingerprint density at radius 1 is 1.53 bits per heavy atom. The van der Waals surface area contributed by atoms with Crippen molar-refractivity contribution < 1.29 is 9.53 Å². The van der Waals surface area contributed by atoms with Gasteiger partial charge >= 0.3 is 6.09 Å². The maximum Gasteiger partial charge on any atom is 0.411 e. The van der Waals surface area contributed by atoms with E-state index in [-0.39, 0.29) is 12.3 Å². The molecule has 1 aliphatic rings. The predicted octanol–water partition coefficient (Wildman–Crippen LogP) is 1.95. The molecule has 1 rings (SSSR count). The Morgan fingerprint density at radius 2 is 2.20 bits per heavy atom. The van der Waals surface area contributed by atoms with Crippen molar-refractivity contribution in [2.24, 2.45) is 0 Å². The molecular weight excluding hydrogens is 192 g/mol. The van der Waals surface area contributed by atoms with Crippen LogP contribution in [0.4, 0.5) is 4.79 Å². The molecule has 1 aliphatic heterocycles. The van der Waals surface area contributed by atoms with Gasteiger partial charge in [0.2, 0.25) is 0 Å². The molecule has 1 saturated heterocycles. The highest BCUT2D eigenvalue weighted by molar-refractivity contribution is 5.68. The first kappa shape index (κ1) is 12.3. The molecule has 1 unspecified atom stereocenters. The van der Waals surface area contributed by atoms with Crippen LogP contribution in [-0.2, 0) is 4.74 Å². The summed E-state index contributed by atoms with van der Waals surface area (Å²) < 4.78 is 5.35. The number of ether oxygens (including phenoxy) is 1. The third-order valence-corrected chi connectivity index (χ3v) is 2.38. The zero-order chi connectivity index (χ0) is 11.5. The molecule has 0 radical (unpaired) electrons. The van der Waals surface area contributed by atoms with E-state index in [0.29, 0.717) is 6.54 Å². The minimum Gasteiger partial charge on any atom is -0.444 e. The molecule has 0 saturated carbocycles. The summed E-state index contributed by atoms with van der Waals surface area (Å²) in [5, 5.41) is 3.30. The fourth-order valence-electron chi connectivity index (χ4n) is 1.73. The van der Waals surface area contributed by atoms with Gasteiger partial charge in [-0.2, -0.15) is 0 Å². The molecule has 1 atom stereocenters. The summed E-state index contributed by atoms with van der Waals surface area (Å²) >= 11 is 0. The van der Waals surface area contributed by atoms with Crippen LogP contribution < -0.4 is 5.32 Å². The molecule has 4 heteroatoms. The molecule has 0 aromatic rings. The Hall–Kier alpha value is -0.770. The maximum atomic E-state index is 11.8. The molecule has 88 valence electrons. The molecule has 0 bridgehead atoms. The van der Waals surface area contributed by atoms with Gasteiger partial charge in [-0.15, -0.1) is 0 Å². The minimum absolute atomic E-state index is 0.157. The average Bonchev–Trinajstić information content (AvgIpc) is 2.54. The van der Waals surface area contributed by atoms with Crippen LogP contribution in [0.25, 0.3) is 0 Å². The van der Waals surface area contributed by atoms with E-state index >= 15 is 0 Å². The molecule has 1 heterocycles. The molecule has 1 fully saturated rings. The Labute approximate surface area is 92.0 Å². The van der Waals surface area contributed by atoms with Gasteiger partial charge < -0.3 is 4.74 Å². The van der Waals surface area contributed by atoms with Crippen molar-refractivity contribution in [3.05, 3.63) is 0 Å². The summed E-state index contributed by atoms with van der Waals surface area (Å²) in [6.07, 6.45) is 2.09. The topological polar surface area (TPSA) is 41.6 Å². The Morgan fingerprint density at radius 3 is 2.60 bits per heavy atom. The second kappa shape index (κ2) is 4.84. The SMILES string of the molecule is CCN(C(=O)OC(C)(C)C)C1CCCN1. The molecule has 0 aromatic carbocycles.